The zero-order valence-electron chi connectivity index (χ0n) is 60.6. The predicted molar refractivity (Wildman–Crippen MR) is 405 cm³/mol. The van der Waals surface area contributed by atoms with Crippen LogP contribution in [0.25, 0.3) is 93.9 Å². The second-order valence-electron chi connectivity index (χ2n) is 23.7. The fraction of sp³-hybridized carbons (Fsp3) is 0.114. The van der Waals surface area contributed by atoms with Crippen LogP contribution in [-0.2, 0) is 120 Å². The summed E-state index contributed by atoms with van der Waals surface area (Å²) in [5.41, 5.74) is 13.6. The van der Waals surface area contributed by atoms with Crippen LogP contribution in [0.5, 0.6) is 0 Å². The predicted octanol–water partition coefficient (Wildman–Crippen LogP) is 21.3. The van der Waals surface area contributed by atoms with Crippen molar-refractivity contribution in [2.75, 3.05) is 0 Å². The Morgan fingerprint density at radius 1 is 0.455 bits per heavy atom. The molecule has 14 rings (SSSR count). The first-order valence-electron chi connectivity index (χ1n) is 32.5. The van der Waals surface area contributed by atoms with Gasteiger partial charge in [0.2, 0.25) is 0 Å². The van der Waals surface area contributed by atoms with Crippen LogP contribution in [0.15, 0.2) is 273 Å². The maximum atomic E-state index is 13.8. The van der Waals surface area contributed by atoms with E-state index in [2.05, 4.69) is 158 Å². The van der Waals surface area contributed by atoms with Gasteiger partial charge in [-0.1, -0.05) is 151 Å². The van der Waals surface area contributed by atoms with Crippen molar-refractivity contribution in [3.63, 3.8) is 0 Å². The number of hydrogen-bond donors (Lipinski definition) is 3. The van der Waals surface area contributed by atoms with Crippen LogP contribution in [-0.4, -0.2) is 62.6 Å². The number of rotatable bonds is 8. The fourth-order valence-electron chi connectivity index (χ4n) is 10.4. The molecule has 0 unspecified atom stereocenters. The van der Waals surface area contributed by atoms with E-state index in [-0.39, 0.29) is 152 Å². The summed E-state index contributed by atoms with van der Waals surface area (Å²) in [4.78, 5) is 57.3. The van der Waals surface area contributed by atoms with Gasteiger partial charge in [-0.25, -0.2) is 8.78 Å². The van der Waals surface area contributed by atoms with E-state index in [9.17, 15) is 31.9 Å². The Balaban J connectivity index is 0.000000440. The van der Waals surface area contributed by atoms with Gasteiger partial charge in [-0.2, -0.15) is 0 Å². The van der Waals surface area contributed by atoms with E-state index in [0.717, 1.165) is 57.0 Å². The Morgan fingerprint density at radius 3 is 1.51 bits per heavy atom. The average Bonchev–Trinajstić information content (AvgIpc) is 1.58. The summed E-state index contributed by atoms with van der Waals surface area (Å²) in [5.74, 6) is -3.80. The maximum absolute atomic E-state index is 13.8. The van der Waals surface area contributed by atoms with E-state index in [0.29, 0.717) is 11.4 Å². The molecule has 7 aromatic carbocycles. The number of nitrogens with zero attached hydrogens (tertiary/aromatic N) is 7. The van der Waals surface area contributed by atoms with Crippen LogP contribution in [0.4, 0.5) is 23.2 Å². The number of hydrogen-bond acceptors (Lipinski definition) is 12. The van der Waals surface area contributed by atoms with Crippen molar-refractivity contribution < 1.29 is 148 Å². The average molecular weight is 2360 g/mol. The van der Waals surface area contributed by atoms with Gasteiger partial charge in [-0.05, 0) is 134 Å². The van der Waals surface area contributed by atoms with Crippen LogP contribution < -0.4 is 0 Å². The summed E-state index contributed by atoms with van der Waals surface area (Å²) in [6.07, 6.45) is 10.2. The first-order valence-corrected chi connectivity index (χ1v) is 32.5. The number of carbonyl (C=O) groups is 3. The second kappa shape index (κ2) is 48.5. The van der Waals surface area contributed by atoms with Crippen molar-refractivity contribution in [3.8, 4) is 67.4 Å². The summed E-state index contributed by atoms with van der Waals surface area (Å²) in [6.45, 7) is 21.7. The Labute approximate surface area is 705 Å². The van der Waals surface area contributed by atoms with E-state index in [1.807, 2.05) is 104 Å². The van der Waals surface area contributed by atoms with Gasteiger partial charge >= 0.3 is 0 Å². The molecule has 1 aliphatic rings. The number of fused-ring (bicyclic) bond motifs is 5. The normalized spacial score (nSPS) is 10.9. The molecule has 0 saturated carbocycles. The molecule has 13 nitrogen and oxygen atoms in total. The number of carbonyl (C=O) groups excluding carboxylic acids is 3. The molecule has 0 fully saturated rings. The summed E-state index contributed by atoms with van der Waals surface area (Å²) < 4.78 is 52.5. The molecule has 0 saturated heterocycles. The van der Waals surface area contributed by atoms with E-state index in [4.69, 9.17) is 21.9 Å². The molecule has 573 valence electrons. The maximum Gasteiger partial charge on any atom is 0.176 e. The van der Waals surface area contributed by atoms with Crippen LogP contribution in [0.3, 0.4) is 0 Å². The number of benzene rings is 7. The van der Waals surface area contributed by atoms with Gasteiger partial charge in [0.25, 0.3) is 0 Å². The van der Waals surface area contributed by atoms with E-state index >= 15 is 0 Å². The smallest absolute Gasteiger partial charge is 0.176 e. The number of aliphatic hydroxyl groups is 3. The molecule has 0 atom stereocenters. The molecular formula is C88H72F4Ir5N7O6-5. The summed E-state index contributed by atoms with van der Waals surface area (Å²) in [5, 5.41) is 28.6. The number of aryl methyl sites for hydroxylation is 1. The van der Waals surface area contributed by atoms with Crippen LogP contribution >= 0.6 is 0 Å². The van der Waals surface area contributed by atoms with Gasteiger partial charge in [-0.3, -0.25) is 38.0 Å². The number of ketones is 3. The zero-order valence-corrected chi connectivity index (χ0v) is 72.6. The first kappa shape index (κ1) is 96.1. The van der Waals surface area contributed by atoms with Crippen molar-refractivity contribution >= 4 is 44.7 Å². The first-order chi connectivity index (χ1) is 50.3. The van der Waals surface area contributed by atoms with Crippen molar-refractivity contribution in [1.29, 1.82) is 0 Å². The zero-order chi connectivity index (χ0) is 76.0. The number of pyridine rings is 6. The standard InChI is InChI=1S/C24H18N.C15H10N.C13H7F2N2.C11H8N.C10H5F2N2.3C5H8O2.5Ir/c1-24(2)21-10-6-5-9-19(21)20-12-11-17(15-22(20)24)23-18-8-4-3-7-16(18)13-14-25-23;1-2-6-12(7-3-1)15-11-10-13-8-4-5-9-14(13)16-15;1-8-5-6-17-11(7-8)9-3-4-10(14)13(16-2)12(9)15;1-2-6-10(7-3-1)11-8-4-5-9-12-11;11-9-5-4-7(10(12)14-9)8-3-1-2-6-13-8;3*1-4(6)3-5(2)7;;;;;/h3-10,12-15H,1-2H3;1-6,8-11H;4-7H,1H3;1-6,8-9H;1-3,5-6H;3*3,6H,1-2H3;;;;;/q5*-1;;;;;;;;. The molecule has 6 heterocycles. The van der Waals surface area contributed by atoms with Crippen LogP contribution in [0.2, 0.25) is 0 Å². The van der Waals surface area contributed by atoms with Crippen molar-refractivity contribution in [1.82, 2.24) is 29.9 Å². The molecule has 0 amide bonds. The molecule has 3 N–H and O–H groups in total. The summed E-state index contributed by atoms with van der Waals surface area (Å²) in [6, 6.07) is 82.5. The number of aromatic nitrogens is 6. The van der Waals surface area contributed by atoms with Crippen molar-refractivity contribution in [2.45, 2.75) is 67.7 Å². The molecule has 22 heteroatoms. The third kappa shape index (κ3) is 29.5. The summed E-state index contributed by atoms with van der Waals surface area (Å²) in [7, 11) is 0. The number of allylic oxidation sites excluding steroid dienone is 6. The molecule has 1 aliphatic carbocycles. The molecular weight excluding hydrogens is 2290 g/mol. The quantitative estimate of drug-likeness (QED) is 0.0429. The molecule has 110 heavy (non-hydrogen) atoms. The third-order valence-corrected chi connectivity index (χ3v) is 14.9. The van der Waals surface area contributed by atoms with Gasteiger partial charge in [0.1, 0.15) is 11.9 Å². The molecule has 0 aliphatic heterocycles. The van der Waals surface area contributed by atoms with Crippen LogP contribution in [0.1, 0.15) is 72.1 Å². The van der Waals surface area contributed by atoms with Gasteiger partial charge < -0.3 is 35.3 Å². The van der Waals surface area contributed by atoms with E-state index in [1.165, 1.54) is 111 Å². The number of para-hydroxylation sites is 1. The van der Waals surface area contributed by atoms with Crippen molar-refractivity contribution in [3.05, 3.63) is 355 Å². The molecule has 13 aromatic rings. The monoisotopic (exact) mass is 2360 g/mol. The largest absolute Gasteiger partial charge is 0.512 e. The minimum Gasteiger partial charge on any atom is -0.512 e. The van der Waals surface area contributed by atoms with Gasteiger partial charge in [0.05, 0.1) is 29.4 Å². The minimum atomic E-state index is -0.918. The Hall–Kier alpha value is -9.95. The van der Waals surface area contributed by atoms with Gasteiger partial charge in [-0.15, -0.1) is 125 Å². The van der Waals surface area contributed by atoms with Crippen LogP contribution in [0, 0.1) is 67.4 Å². The topological polar surface area (TPSA) is 194 Å². The Morgan fingerprint density at radius 2 is 0.973 bits per heavy atom. The number of halogens is 4. The Kier molecular flexibility index (Phi) is 42.4. The molecule has 0 spiro atoms. The fourth-order valence-corrected chi connectivity index (χ4v) is 10.4. The molecule has 0 bridgehead atoms. The SMILES string of the molecule is CC(=O)C=C(C)O.CC(=O)C=C(C)O.CC(=O)C=C(C)O.CC1(C)c2ccccc2-c2c[c-]c(-c3nccc4ccccc34)cc21.Fc1c[c-]c(-c2ccccn2)c(F)n1.[C-]#[N+]c1c(F)c[c-]c(-c2cc(C)ccn2)c1F.[Ir].[Ir].[Ir].[Ir].[Ir].[c-]1ccccc1-c1ccc2ccccc2n1.[c-]1ccccc1-c1ccccn1. The number of aliphatic hydroxyl groups excluding tert-OH is 3. The second-order valence-corrected chi connectivity index (χ2v) is 23.7. The van der Waals surface area contributed by atoms with Gasteiger partial charge in [0.15, 0.2) is 23.0 Å². The van der Waals surface area contributed by atoms with E-state index in [1.54, 1.807) is 36.5 Å². The van der Waals surface area contributed by atoms with E-state index < -0.39 is 29.2 Å². The Bertz CT molecular complexity index is 5150. The third-order valence-electron chi connectivity index (χ3n) is 14.9. The summed E-state index contributed by atoms with van der Waals surface area (Å²) >= 11 is 0. The molecule has 5 radical (unpaired) electrons. The van der Waals surface area contributed by atoms with Gasteiger partial charge in [0, 0.05) is 155 Å². The van der Waals surface area contributed by atoms with Crippen molar-refractivity contribution in [2.24, 2.45) is 0 Å². The molecule has 6 aromatic heterocycles. The minimum absolute atomic E-state index is 0.